The maximum absolute atomic E-state index is 9.94. The molecule has 1 fully saturated rings. The lowest BCUT2D eigenvalue weighted by atomic mass is 9.72. The minimum Gasteiger partial charge on any atom is -0.488 e. The number of ether oxygens (including phenoxy) is 7. The third-order valence-corrected chi connectivity index (χ3v) is 10.3. The van der Waals surface area contributed by atoms with E-state index in [1.54, 1.807) is 14.2 Å². The number of benzene rings is 4. The van der Waals surface area contributed by atoms with Gasteiger partial charge in [0.2, 0.25) is 5.79 Å². The van der Waals surface area contributed by atoms with Gasteiger partial charge in [-0.05, 0) is 60.4 Å². The monoisotopic (exact) mass is 739 g/mol. The summed E-state index contributed by atoms with van der Waals surface area (Å²) < 4.78 is 51.7. The molecule has 0 radical (unpaired) electrons. The largest absolute Gasteiger partial charge is 0.488 e. The van der Waals surface area contributed by atoms with E-state index in [1.165, 1.54) is 0 Å². The van der Waals surface area contributed by atoms with Gasteiger partial charge in [-0.3, -0.25) is 0 Å². The van der Waals surface area contributed by atoms with Crippen molar-refractivity contribution in [3.05, 3.63) is 147 Å². The van der Waals surface area contributed by atoms with Crippen LogP contribution in [0.1, 0.15) is 52.5 Å². The lowest BCUT2D eigenvalue weighted by Crippen LogP contribution is -2.57. The van der Waals surface area contributed by atoms with Gasteiger partial charge >= 0.3 is 0 Å². The molecular formula is C41H49N3O8Si. The molecule has 1 aliphatic carbocycles. The van der Waals surface area contributed by atoms with Crippen molar-refractivity contribution in [2.24, 2.45) is 5.11 Å². The van der Waals surface area contributed by atoms with E-state index in [4.69, 9.17) is 37.6 Å². The van der Waals surface area contributed by atoms with Crippen LogP contribution in [0.4, 0.5) is 0 Å². The minimum atomic E-state index is -2.27. The van der Waals surface area contributed by atoms with Crippen molar-refractivity contribution < 1.29 is 37.6 Å². The summed E-state index contributed by atoms with van der Waals surface area (Å²) in [7, 11) is 0.927. The van der Waals surface area contributed by atoms with Gasteiger partial charge in [0.1, 0.15) is 31.4 Å². The van der Waals surface area contributed by atoms with Crippen LogP contribution in [0.15, 0.2) is 108 Å². The molecule has 2 aliphatic rings. The van der Waals surface area contributed by atoms with Gasteiger partial charge < -0.3 is 37.6 Å². The average molecular weight is 740 g/mol. The first kappa shape index (κ1) is 38.6. The van der Waals surface area contributed by atoms with E-state index in [9.17, 15) is 5.53 Å². The lowest BCUT2D eigenvalue weighted by Gasteiger charge is -2.53. The van der Waals surface area contributed by atoms with Crippen LogP contribution in [-0.4, -0.2) is 53.7 Å². The van der Waals surface area contributed by atoms with Crippen molar-refractivity contribution in [3.63, 3.8) is 0 Å². The topological polar surface area (TPSA) is 123 Å². The molecule has 11 nitrogen and oxygen atoms in total. The second kappa shape index (κ2) is 17.4. The predicted molar refractivity (Wildman–Crippen MR) is 202 cm³/mol. The average Bonchev–Trinajstić information content (AvgIpc) is 3.16. The van der Waals surface area contributed by atoms with Crippen LogP contribution in [0.5, 0.6) is 5.75 Å². The first-order chi connectivity index (χ1) is 25.7. The molecule has 280 valence electrons. The fraction of sp³-hybridized carbons (Fsp3) is 0.415. The molecule has 0 N–H and O–H groups in total. The highest BCUT2D eigenvalue weighted by Crippen LogP contribution is 2.61. The van der Waals surface area contributed by atoms with Gasteiger partial charge in [0, 0.05) is 24.7 Å². The summed E-state index contributed by atoms with van der Waals surface area (Å²) in [4.78, 5) is 3.30. The molecule has 0 saturated carbocycles. The van der Waals surface area contributed by atoms with Gasteiger partial charge in [0.05, 0.1) is 43.1 Å². The SMILES string of the molecule is COCOC1c2c([C@H]3O[C@@H](C)[C@@H](OCc4ccccc4)[C@@H](N=[N+]=[N-])[C@@H]3OCc3ccccc3)ccc(OCc3ccccc3)c2C1(OC)O[Si](C)(C)C. The van der Waals surface area contributed by atoms with Gasteiger partial charge in [-0.25, -0.2) is 0 Å². The summed E-state index contributed by atoms with van der Waals surface area (Å²) in [6.07, 6.45) is -3.24. The Morgan fingerprint density at radius 3 is 1.85 bits per heavy atom. The molecule has 53 heavy (non-hydrogen) atoms. The number of hydrogen-bond acceptors (Lipinski definition) is 9. The predicted octanol–water partition coefficient (Wildman–Crippen LogP) is 8.90. The van der Waals surface area contributed by atoms with Crippen molar-refractivity contribution in [2.75, 3.05) is 21.0 Å². The number of azide groups is 1. The van der Waals surface area contributed by atoms with E-state index in [0.29, 0.717) is 19.0 Å². The molecule has 1 saturated heterocycles. The molecule has 12 heteroatoms. The molecule has 0 spiro atoms. The highest BCUT2D eigenvalue weighted by molar-refractivity contribution is 6.69. The van der Waals surface area contributed by atoms with Crippen LogP contribution in [-0.2, 0) is 58.5 Å². The number of fused-ring (bicyclic) bond motifs is 1. The lowest BCUT2D eigenvalue weighted by molar-refractivity contribution is -0.293. The molecular weight excluding hydrogens is 691 g/mol. The molecule has 6 rings (SSSR count). The molecule has 0 amide bonds. The second-order valence-electron chi connectivity index (χ2n) is 14.2. The van der Waals surface area contributed by atoms with E-state index in [0.717, 1.165) is 33.4 Å². The molecule has 4 aromatic rings. The number of nitrogens with zero attached hydrogens (tertiary/aromatic N) is 3. The van der Waals surface area contributed by atoms with Crippen LogP contribution in [0.2, 0.25) is 19.6 Å². The van der Waals surface area contributed by atoms with Gasteiger partial charge in [-0.1, -0.05) is 102 Å². The van der Waals surface area contributed by atoms with Crippen LogP contribution in [0.3, 0.4) is 0 Å². The number of hydrogen-bond donors (Lipinski definition) is 0. The van der Waals surface area contributed by atoms with Gasteiger partial charge in [-0.2, -0.15) is 0 Å². The maximum Gasteiger partial charge on any atom is 0.221 e. The van der Waals surface area contributed by atoms with Crippen molar-refractivity contribution in [3.8, 4) is 5.75 Å². The van der Waals surface area contributed by atoms with Crippen molar-refractivity contribution >= 4 is 8.32 Å². The zero-order valence-corrected chi connectivity index (χ0v) is 32.2. The highest BCUT2D eigenvalue weighted by Gasteiger charge is 2.61. The summed E-state index contributed by atoms with van der Waals surface area (Å²) >= 11 is 0. The number of methoxy groups -OCH3 is 2. The smallest absolute Gasteiger partial charge is 0.221 e. The Kier molecular flexibility index (Phi) is 12.7. The molecule has 1 heterocycles. The molecule has 7 atom stereocenters. The fourth-order valence-corrected chi connectivity index (χ4v) is 8.37. The zero-order valence-electron chi connectivity index (χ0n) is 31.2. The van der Waals surface area contributed by atoms with E-state index in [-0.39, 0.29) is 13.4 Å². The van der Waals surface area contributed by atoms with Crippen molar-refractivity contribution in [2.45, 2.75) is 88.7 Å². The fourth-order valence-electron chi connectivity index (χ4n) is 7.17. The van der Waals surface area contributed by atoms with Crippen LogP contribution < -0.4 is 4.74 Å². The van der Waals surface area contributed by atoms with Crippen molar-refractivity contribution in [1.82, 2.24) is 0 Å². The molecule has 0 aromatic heterocycles. The van der Waals surface area contributed by atoms with Gasteiger partial charge in [0.25, 0.3) is 0 Å². The summed E-state index contributed by atoms with van der Waals surface area (Å²) in [6, 6.07) is 32.9. The summed E-state index contributed by atoms with van der Waals surface area (Å²) in [5.74, 6) is -0.682. The zero-order chi connectivity index (χ0) is 37.4. The Labute approximate surface area is 312 Å². The second-order valence-corrected chi connectivity index (χ2v) is 18.7. The first-order valence-electron chi connectivity index (χ1n) is 17.9. The first-order valence-corrected chi connectivity index (χ1v) is 21.3. The van der Waals surface area contributed by atoms with Gasteiger partial charge in [0.15, 0.2) is 8.32 Å². The van der Waals surface area contributed by atoms with Crippen LogP contribution in [0, 0.1) is 0 Å². The third kappa shape index (κ3) is 8.68. The quantitative estimate of drug-likeness (QED) is 0.0346. The normalized spacial score (nSPS) is 25.2. The molecule has 1 aliphatic heterocycles. The third-order valence-electron chi connectivity index (χ3n) is 9.41. The Morgan fingerprint density at radius 1 is 0.755 bits per heavy atom. The van der Waals surface area contributed by atoms with Crippen LogP contribution in [0.25, 0.3) is 10.4 Å². The van der Waals surface area contributed by atoms with Crippen LogP contribution >= 0.6 is 0 Å². The van der Waals surface area contributed by atoms with E-state index < -0.39 is 50.7 Å². The Balaban J connectivity index is 1.45. The molecule has 0 bridgehead atoms. The van der Waals surface area contributed by atoms with E-state index >= 15 is 0 Å². The Hall–Kier alpha value is -4.07. The Morgan fingerprint density at radius 2 is 1.32 bits per heavy atom. The highest BCUT2D eigenvalue weighted by atomic mass is 28.4. The minimum absolute atomic E-state index is 0.00850. The Bertz CT molecular complexity index is 1820. The molecule has 2 unspecified atom stereocenters. The summed E-state index contributed by atoms with van der Waals surface area (Å²) in [5.41, 5.74) is 15.2. The maximum atomic E-state index is 9.94. The van der Waals surface area contributed by atoms with Gasteiger partial charge in [-0.15, -0.1) is 0 Å². The standard InChI is InChI=1S/C41H49N3O8Si/c1-28-37(48-25-30-18-12-8-13-19-30)36(43-44-42)39(49-26-31-20-14-9-15-21-31)38(51-28)32-22-23-33(47-24-29-16-10-7-11-17-29)35-34(32)40(50-27-45-2)41(35,46-3)52-53(4,5)6/h7-23,28,36-40H,24-27H2,1-6H3/t28-,36+,37+,38+,39-,40?,41?/m0/s1. The number of rotatable bonds is 17. The van der Waals surface area contributed by atoms with E-state index in [2.05, 4.69) is 29.7 Å². The van der Waals surface area contributed by atoms with E-state index in [1.807, 2.05) is 110 Å². The summed E-state index contributed by atoms with van der Waals surface area (Å²) in [5, 5.41) is 4.34. The molecule has 4 aromatic carbocycles. The van der Waals surface area contributed by atoms with Crippen molar-refractivity contribution in [1.29, 1.82) is 0 Å². The summed E-state index contributed by atoms with van der Waals surface area (Å²) in [6.45, 7) is 9.15.